The van der Waals surface area contributed by atoms with Crippen LogP contribution >= 0.6 is 0 Å². The van der Waals surface area contributed by atoms with Crippen molar-refractivity contribution in [1.29, 1.82) is 0 Å². The van der Waals surface area contributed by atoms with Gasteiger partial charge in [-0.15, -0.1) is 0 Å². The van der Waals surface area contributed by atoms with E-state index in [0.717, 1.165) is 0 Å². The van der Waals surface area contributed by atoms with E-state index in [2.05, 4.69) is 0 Å². The fourth-order valence-electron chi connectivity index (χ4n) is 1.27. The predicted molar refractivity (Wildman–Crippen MR) is 57.6 cm³/mol. The third-order valence-corrected chi connectivity index (χ3v) is 4.17. The third kappa shape index (κ3) is 4.93. The highest BCUT2D eigenvalue weighted by Gasteiger charge is 2.20. The Kier molecular flexibility index (Phi) is 6.31. The average Bonchev–Trinajstić information content (AvgIpc) is 2.02. The SMILES string of the molecule is CCN(CCCO)S(=O)(=O)CC(C)C. The van der Waals surface area contributed by atoms with Gasteiger partial charge in [0.05, 0.1) is 5.75 Å². The first-order chi connectivity index (χ1) is 6.44. The van der Waals surface area contributed by atoms with Crippen molar-refractivity contribution in [3.63, 3.8) is 0 Å². The van der Waals surface area contributed by atoms with Crippen LogP contribution in [0.25, 0.3) is 0 Å². The summed E-state index contributed by atoms with van der Waals surface area (Å²) in [6.45, 7) is 6.52. The maximum absolute atomic E-state index is 11.7. The van der Waals surface area contributed by atoms with Crippen LogP contribution in [0.5, 0.6) is 0 Å². The fraction of sp³-hybridized carbons (Fsp3) is 1.00. The van der Waals surface area contributed by atoms with E-state index in [-0.39, 0.29) is 18.3 Å². The summed E-state index contributed by atoms with van der Waals surface area (Å²) in [6, 6.07) is 0. The third-order valence-electron chi connectivity index (χ3n) is 1.86. The lowest BCUT2D eigenvalue weighted by atomic mass is 10.3. The standard InChI is InChI=1S/C9H21NO3S/c1-4-10(6-5-7-11)14(12,13)8-9(2)3/h9,11H,4-8H2,1-3H3. The summed E-state index contributed by atoms with van der Waals surface area (Å²) in [5.41, 5.74) is 0. The largest absolute Gasteiger partial charge is 0.396 e. The van der Waals surface area contributed by atoms with E-state index in [1.807, 2.05) is 20.8 Å². The normalized spacial score (nSPS) is 12.7. The highest BCUT2D eigenvalue weighted by atomic mass is 32.2. The number of hydrogen-bond acceptors (Lipinski definition) is 3. The zero-order chi connectivity index (χ0) is 11.2. The van der Waals surface area contributed by atoms with Crippen molar-refractivity contribution >= 4 is 10.0 Å². The van der Waals surface area contributed by atoms with E-state index in [4.69, 9.17) is 5.11 Å². The van der Waals surface area contributed by atoms with Gasteiger partial charge in [0.2, 0.25) is 10.0 Å². The van der Waals surface area contributed by atoms with Crippen molar-refractivity contribution < 1.29 is 13.5 Å². The van der Waals surface area contributed by atoms with Crippen LogP contribution in [0.4, 0.5) is 0 Å². The fourth-order valence-corrected chi connectivity index (χ4v) is 3.12. The minimum Gasteiger partial charge on any atom is -0.396 e. The highest BCUT2D eigenvalue weighted by molar-refractivity contribution is 7.89. The topological polar surface area (TPSA) is 57.6 Å². The van der Waals surface area contributed by atoms with Crippen molar-refractivity contribution in [3.8, 4) is 0 Å². The van der Waals surface area contributed by atoms with Gasteiger partial charge in [-0.3, -0.25) is 0 Å². The number of rotatable bonds is 7. The van der Waals surface area contributed by atoms with Gasteiger partial charge in [-0.05, 0) is 12.3 Å². The van der Waals surface area contributed by atoms with Gasteiger partial charge in [0.25, 0.3) is 0 Å². The Hall–Kier alpha value is -0.130. The van der Waals surface area contributed by atoms with E-state index in [1.54, 1.807) is 0 Å². The summed E-state index contributed by atoms with van der Waals surface area (Å²) in [4.78, 5) is 0. The number of nitrogens with zero attached hydrogens (tertiary/aromatic N) is 1. The molecule has 0 atom stereocenters. The van der Waals surface area contributed by atoms with E-state index in [1.165, 1.54) is 4.31 Å². The number of hydrogen-bond donors (Lipinski definition) is 1. The van der Waals surface area contributed by atoms with Crippen LogP contribution in [0.3, 0.4) is 0 Å². The lowest BCUT2D eigenvalue weighted by Gasteiger charge is -2.21. The van der Waals surface area contributed by atoms with Crippen LogP contribution in [-0.2, 0) is 10.0 Å². The molecule has 0 fully saturated rings. The second-order valence-electron chi connectivity index (χ2n) is 3.74. The first kappa shape index (κ1) is 13.9. The zero-order valence-electron chi connectivity index (χ0n) is 9.23. The molecule has 4 nitrogen and oxygen atoms in total. The molecule has 0 aromatic carbocycles. The minimum absolute atomic E-state index is 0.0354. The zero-order valence-corrected chi connectivity index (χ0v) is 10.0. The molecule has 0 aromatic heterocycles. The highest BCUT2D eigenvalue weighted by Crippen LogP contribution is 2.07. The van der Waals surface area contributed by atoms with E-state index in [0.29, 0.717) is 19.5 Å². The minimum atomic E-state index is -3.12. The summed E-state index contributed by atoms with van der Waals surface area (Å²) in [7, 11) is -3.12. The molecule has 0 unspecified atom stereocenters. The van der Waals surface area contributed by atoms with Crippen molar-refractivity contribution in [1.82, 2.24) is 4.31 Å². The Morgan fingerprint density at radius 3 is 2.29 bits per heavy atom. The summed E-state index contributed by atoms with van der Waals surface area (Å²) >= 11 is 0. The Labute approximate surface area is 87.0 Å². The molecule has 0 saturated carbocycles. The van der Waals surface area contributed by atoms with E-state index >= 15 is 0 Å². The predicted octanol–water partition coefficient (Wildman–Crippen LogP) is 0.676. The molecule has 0 amide bonds. The van der Waals surface area contributed by atoms with Gasteiger partial charge in [0.1, 0.15) is 0 Å². The molecule has 0 saturated heterocycles. The summed E-state index contributed by atoms with van der Waals surface area (Å²) in [5.74, 6) is 0.329. The molecule has 0 heterocycles. The Balaban J connectivity index is 4.34. The maximum Gasteiger partial charge on any atom is 0.214 e. The maximum atomic E-state index is 11.7. The first-order valence-electron chi connectivity index (χ1n) is 5.02. The quantitative estimate of drug-likeness (QED) is 0.690. The Morgan fingerprint density at radius 2 is 1.93 bits per heavy atom. The molecule has 0 aromatic rings. The summed E-state index contributed by atoms with van der Waals surface area (Å²) < 4.78 is 24.9. The molecule has 0 aliphatic rings. The van der Waals surface area contributed by atoms with Gasteiger partial charge >= 0.3 is 0 Å². The van der Waals surface area contributed by atoms with Gasteiger partial charge in [-0.25, -0.2) is 12.7 Å². The lowest BCUT2D eigenvalue weighted by Crippen LogP contribution is -2.35. The number of sulfonamides is 1. The number of aliphatic hydroxyl groups excluding tert-OH is 1. The van der Waals surface area contributed by atoms with Crippen LogP contribution in [0.1, 0.15) is 27.2 Å². The molecule has 0 aliphatic carbocycles. The molecule has 0 spiro atoms. The molecule has 0 rings (SSSR count). The smallest absolute Gasteiger partial charge is 0.214 e. The molecule has 86 valence electrons. The van der Waals surface area contributed by atoms with Crippen LogP contribution in [0.15, 0.2) is 0 Å². The van der Waals surface area contributed by atoms with Crippen LogP contribution in [0.2, 0.25) is 0 Å². The molecular weight excluding hydrogens is 202 g/mol. The van der Waals surface area contributed by atoms with Gasteiger partial charge in [-0.2, -0.15) is 0 Å². The van der Waals surface area contributed by atoms with Crippen LogP contribution in [-0.4, -0.2) is 43.3 Å². The van der Waals surface area contributed by atoms with E-state index in [9.17, 15) is 8.42 Å². The molecule has 14 heavy (non-hydrogen) atoms. The molecule has 5 heteroatoms. The Morgan fingerprint density at radius 1 is 1.36 bits per heavy atom. The van der Waals surface area contributed by atoms with Crippen molar-refractivity contribution in [2.75, 3.05) is 25.4 Å². The van der Waals surface area contributed by atoms with Crippen molar-refractivity contribution in [2.24, 2.45) is 5.92 Å². The van der Waals surface area contributed by atoms with Crippen LogP contribution in [0, 0.1) is 5.92 Å². The molecule has 0 bridgehead atoms. The molecule has 0 radical (unpaired) electrons. The summed E-state index contributed by atoms with van der Waals surface area (Å²) in [5, 5.41) is 8.64. The van der Waals surface area contributed by atoms with Gasteiger partial charge in [0.15, 0.2) is 0 Å². The van der Waals surface area contributed by atoms with Gasteiger partial charge in [0, 0.05) is 19.7 Å². The van der Waals surface area contributed by atoms with Crippen LogP contribution < -0.4 is 0 Å². The lowest BCUT2D eigenvalue weighted by molar-refractivity contribution is 0.271. The molecule has 1 N–H and O–H groups in total. The van der Waals surface area contributed by atoms with Crippen molar-refractivity contribution in [2.45, 2.75) is 27.2 Å². The average molecular weight is 223 g/mol. The second kappa shape index (κ2) is 6.37. The second-order valence-corrected chi connectivity index (χ2v) is 5.75. The first-order valence-corrected chi connectivity index (χ1v) is 6.63. The Bertz CT molecular complexity index is 236. The molecular formula is C9H21NO3S. The monoisotopic (exact) mass is 223 g/mol. The summed E-state index contributed by atoms with van der Waals surface area (Å²) in [6.07, 6.45) is 0.505. The van der Waals surface area contributed by atoms with Crippen molar-refractivity contribution in [3.05, 3.63) is 0 Å². The van der Waals surface area contributed by atoms with Gasteiger partial charge < -0.3 is 5.11 Å². The van der Waals surface area contributed by atoms with Gasteiger partial charge in [-0.1, -0.05) is 20.8 Å². The molecule has 0 aliphatic heterocycles. The number of aliphatic hydroxyl groups is 1. The van der Waals surface area contributed by atoms with E-state index < -0.39 is 10.0 Å².